The van der Waals surface area contributed by atoms with Crippen molar-refractivity contribution in [2.75, 3.05) is 5.32 Å². The maximum Gasteiger partial charge on any atom is 0.265 e. The number of ether oxygens (including phenoxy) is 1. The summed E-state index contributed by atoms with van der Waals surface area (Å²) >= 11 is 0. The van der Waals surface area contributed by atoms with Crippen LogP contribution in [-0.2, 0) is 9.59 Å². The molecule has 0 fully saturated rings. The third-order valence-corrected chi connectivity index (χ3v) is 2.54. The molecule has 17 heavy (non-hydrogen) atoms. The number of anilines is 1. The molecule has 5 N–H and O–H groups in total. The monoisotopic (exact) mass is 235 g/mol. The Bertz CT molecular complexity index is 461. The van der Waals surface area contributed by atoms with E-state index in [-0.39, 0.29) is 12.3 Å². The zero-order valence-corrected chi connectivity index (χ0v) is 9.05. The molecule has 1 unspecified atom stereocenters. The Morgan fingerprint density at radius 1 is 1.47 bits per heavy atom. The lowest BCUT2D eigenvalue weighted by Gasteiger charge is -2.26. The fourth-order valence-electron chi connectivity index (χ4n) is 1.59. The van der Waals surface area contributed by atoms with Crippen molar-refractivity contribution in [3.05, 3.63) is 24.3 Å². The molecule has 90 valence electrons. The second kappa shape index (κ2) is 4.42. The first kappa shape index (κ1) is 11.4. The molecule has 0 spiro atoms. The van der Waals surface area contributed by atoms with Crippen molar-refractivity contribution in [1.29, 1.82) is 0 Å². The van der Waals surface area contributed by atoms with E-state index >= 15 is 0 Å². The lowest BCUT2D eigenvalue weighted by atomic mass is 10.1. The number of carbonyl (C=O) groups excluding carboxylic acids is 2. The van der Waals surface area contributed by atoms with Crippen LogP contribution < -0.4 is 21.5 Å². The average molecular weight is 235 g/mol. The van der Waals surface area contributed by atoms with E-state index in [1.165, 1.54) is 0 Å². The average Bonchev–Trinajstić information content (AvgIpc) is 2.29. The number of nitrogens with one attached hydrogen (secondary N) is 1. The number of para-hydroxylation sites is 2. The molecule has 0 aliphatic carbocycles. The summed E-state index contributed by atoms with van der Waals surface area (Å²) in [4.78, 5) is 22.5. The van der Waals surface area contributed by atoms with Crippen molar-refractivity contribution in [1.82, 2.24) is 0 Å². The Labute approximate surface area is 97.9 Å². The Hall–Kier alpha value is -2.08. The minimum absolute atomic E-state index is 0.0650. The van der Waals surface area contributed by atoms with Gasteiger partial charge < -0.3 is 21.5 Å². The highest BCUT2D eigenvalue weighted by molar-refractivity contribution is 5.98. The summed E-state index contributed by atoms with van der Waals surface area (Å²) in [6, 6.07) is 6.16. The molecule has 2 atom stereocenters. The van der Waals surface area contributed by atoms with Crippen molar-refractivity contribution in [3.63, 3.8) is 0 Å². The maximum absolute atomic E-state index is 11.7. The van der Waals surface area contributed by atoms with Crippen LogP contribution in [0.2, 0.25) is 0 Å². The van der Waals surface area contributed by atoms with Crippen LogP contribution in [0, 0.1) is 0 Å². The fourth-order valence-corrected chi connectivity index (χ4v) is 1.59. The molecule has 0 aromatic heterocycles. The summed E-state index contributed by atoms with van der Waals surface area (Å²) in [6.45, 7) is 0. The molecule has 1 aromatic rings. The molecular weight excluding hydrogens is 222 g/mol. The van der Waals surface area contributed by atoms with Gasteiger partial charge in [-0.25, -0.2) is 0 Å². The minimum atomic E-state index is -0.893. The number of nitrogens with two attached hydrogens (primary N) is 2. The molecule has 1 heterocycles. The Morgan fingerprint density at radius 2 is 2.18 bits per heavy atom. The lowest BCUT2D eigenvalue weighted by Crippen LogP contribution is -2.45. The number of amides is 2. The number of primary amides is 1. The van der Waals surface area contributed by atoms with Gasteiger partial charge in [0, 0.05) is 6.42 Å². The van der Waals surface area contributed by atoms with Crippen LogP contribution in [0.15, 0.2) is 24.3 Å². The van der Waals surface area contributed by atoms with Crippen molar-refractivity contribution in [2.45, 2.75) is 18.6 Å². The number of fused-ring (bicyclic) bond motifs is 1. The number of benzene rings is 1. The van der Waals surface area contributed by atoms with Gasteiger partial charge in [-0.2, -0.15) is 0 Å². The zero-order chi connectivity index (χ0) is 12.4. The van der Waals surface area contributed by atoms with Gasteiger partial charge >= 0.3 is 0 Å². The van der Waals surface area contributed by atoms with Crippen molar-refractivity contribution < 1.29 is 14.3 Å². The highest BCUT2D eigenvalue weighted by atomic mass is 16.5. The van der Waals surface area contributed by atoms with E-state index in [2.05, 4.69) is 5.32 Å². The molecule has 2 amide bonds. The Balaban J connectivity index is 2.12. The lowest BCUT2D eigenvalue weighted by molar-refractivity contribution is -0.125. The molecule has 0 saturated heterocycles. The highest BCUT2D eigenvalue weighted by Gasteiger charge is 2.30. The van der Waals surface area contributed by atoms with Crippen LogP contribution in [0.5, 0.6) is 5.75 Å². The van der Waals surface area contributed by atoms with Gasteiger partial charge in [0.15, 0.2) is 6.10 Å². The van der Waals surface area contributed by atoms with Crippen LogP contribution in [0.3, 0.4) is 0 Å². The largest absolute Gasteiger partial charge is 0.478 e. The Morgan fingerprint density at radius 3 is 2.88 bits per heavy atom. The van der Waals surface area contributed by atoms with E-state index < -0.39 is 18.1 Å². The molecule has 1 aliphatic heterocycles. The van der Waals surface area contributed by atoms with E-state index in [4.69, 9.17) is 16.2 Å². The second-order valence-corrected chi connectivity index (χ2v) is 3.84. The topological polar surface area (TPSA) is 107 Å². The molecular formula is C11H13N3O3. The number of carbonyl (C=O) groups is 2. The summed E-state index contributed by atoms with van der Waals surface area (Å²) in [5.74, 6) is -0.408. The van der Waals surface area contributed by atoms with Crippen LogP contribution in [0.4, 0.5) is 5.69 Å². The normalized spacial score (nSPS) is 19.8. The third kappa shape index (κ3) is 2.36. The van der Waals surface area contributed by atoms with Crippen molar-refractivity contribution in [2.24, 2.45) is 11.5 Å². The van der Waals surface area contributed by atoms with E-state index in [1.54, 1.807) is 24.3 Å². The van der Waals surface area contributed by atoms with Crippen LogP contribution in [0.25, 0.3) is 0 Å². The van der Waals surface area contributed by atoms with Crippen LogP contribution >= 0.6 is 0 Å². The Kier molecular flexibility index (Phi) is 2.97. The standard InChI is InChI=1S/C11H13N3O3/c12-6(10(13)15)5-9-11(16)14-7-3-1-2-4-8(7)17-9/h1-4,6,9H,5,12H2,(H2,13,15)(H,14,16)/t6?,9-/m0/s1. The zero-order valence-electron chi connectivity index (χ0n) is 9.05. The van der Waals surface area contributed by atoms with E-state index in [0.717, 1.165) is 0 Å². The number of rotatable bonds is 3. The van der Waals surface area contributed by atoms with Gasteiger partial charge in [-0.3, -0.25) is 9.59 Å². The van der Waals surface area contributed by atoms with Gasteiger partial charge in [-0.05, 0) is 12.1 Å². The van der Waals surface area contributed by atoms with Gasteiger partial charge in [0.1, 0.15) is 5.75 Å². The molecule has 2 rings (SSSR count). The highest BCUT2D eigenvalue weighted by Crippen LogP contribution is 2.29. The first-order chi connectivity index (χ1) is 8.08. The van der Waals surface area contributed by atoms with Gasteiger partial charge in [0.2, 0.25) is 5.91 Å². The molecule has 1 aromatic carbocycles. The smallest absolute Gasteiger partial charge is 0.265 e. The first-order valence-corrected chi connectivity index (χ1v) is 5.19. The summed E-state index contributed by atoms with van der Waals surface area (Å²) in [6.07, 6.45) is -0.720. The molecule has 0 saturated carbocycles. The summed E-state index contributed by atoms with van der Waals surface area (Å²) in [5, 5.41) is 2.68. The van der Waals surface area contributed by atoms with Gasteiger partial charge in [0.05, 0.1) is 11.7 Å². The molecule has 0 radical (unpaired) electrons. The fraction of sp³-hybridized carbons (Fsp3) is 0.273. The summed E-state index contributed by atoms with van der Waals surface area (Å²) in [7, 11) is 0. The molecule has 6 heteroatoms. The summed E-state index contributed by atoms with van der Waals surface area (Å²) < 4.78 is 5.47. The van der Waals surface area contributed by atoms with Gasteiger partial charge in [0.25, 0.3) is 5.91 Å². The summed E-state index contributed by atoms with van der Waals surface area (Å²) in [5.41, 5.74) is 11.1. The minimum Gasteiger partial charge on any atom is -0.478 e. The third-order valence-electron chi connectivity index (χ3n) is 2.54. The van der Waals surface area contributed by atoms with Crippen molar-refractivity contribution in [3.8, 4) is 5.75 Å². The quantitative estimate of drug-likeness (QED) is 0.661. The predicted octanol–water partition coefficient (Wildman–Crippen LogP) is -0.411. The van der Waals surface area contributed by atoms with Crippen LogP contribution in [-0.4, -0.2) is 24.0 Å². The number of hydrogen-bond donors (Lipinski definition) is 3. The van der Waals surface area contributed by atoms with Crippen LogP contribution in [0.1, 0.15) is 6.42 Å². The maximum atomic E-state index is 11.7. The van der Waals surface area contributed by atoms with Gasteiger partial charge in [-0.15, -0.1) is 0 Å². The molecule has 6 nitrogen and oxygen atoms in total. The predicted molar refractivity (Wildman–Crippen MR) is 61.3 cm³/mol. The first-order valence-electron chi connectivity index (χ1n) is 5.19. The SMILES string of the molecule is NC(=O)C(N)C[C@@H]1Oc2ccccc2NC1=O. The second-order valence-electron chi connectivity index (χ2n) is 3.84. The molecule has 0 bridgehead atoms. The van der Waals surface area contributed by atoms with E-state index in [1.807, 2.05) is 0 Å². The van der Waals surface area contributed by atoms with Crippen molar-refractivity contribution >= 4 is 17.5 Å². The van der Waals surface area contributed by atoms with E-state index in [0.29, 0.717) is 11.4 Å². The van der Waals surface area contributed by atoms with E-state index in [9.17, 15) is 9.59 Å². The number of hydrogen-bond acceptors (Lipinski definition) is 4. The van der Waals surface area contributed by atoms with Gasteiger partial charge in [-0.1, -0.05) is 12.1 Å². The molecule has 1 aliphatic rings.